The van der Waals surface area contributed by atoms with Gasteiger partial charge in [0.2, 0.25) is 0 Å². The van der Waals surface area contributed by atoms with Gasteiger partial charge in [-0.1, -0.05) is 77.8 Å². The third-order valence-corrected chi connectivity index (χ3v) is 16.9. The van der Waals surface area contributed by atoms with Crippen molar-refractivity contribution in [3.05, 3.63) is 46.0 Å². The first kappa shape index (κ1) is 42.3. The van der Waals surface area contributed by atoms with Crippen molar-refractivity contribution in [2.45, 2.75) is 145 Å². The predicted molar refractivity (Wildman–Crippen MR) is 215 cm³/mol. The summed E-state index contributed by atoms with van der Waals surface area (Å²) < 4.78 is 6.17. The first-order valence-electron chi connectivity index (χ1n) is 21.0. The Kier molecular flexibility index (Phi) is 11.4. The summed E-state index contributed by atoms with van der Waals surface area (Å²) in [6.07, 6.45) is 6.76. The molecule has 9 atom stereocenters. The minimum atomic E-state index is -1.18. The van der Waals surface area contributed by atoms with E-state index in [0.29, 0.717) is 42.9 Å². The van der Waals surface area contributed by atoms with Crippen molar-refractivity contribution in [3.63, 3.8) is 0 Å². The second-order valence-electron chi connectivity index (χ2n) is 20.7. The number of aliphatic hydroxyl groups excluding tert-OH is 2. The number of ketones is 1. The Morgan fingerprint density at radius 2 is 1.62 bits per heavy atom. The number of carboxylic acid groups (broad SMARTS) is 1. The molecule has 3 N–H and O–H groups in total. The molecule has 55 heavy (non-hydrogen) atoms. The van der Waals surface area contributed by atoms with Gasteiger partial charge in [0.25, 0.3) is 0 Å². The van der Waals surface area contributed by atoms with E-state index in [2.05, 4.69) is 53.4 Å². The maximum absolute atomic E-state index is 14.2. The van der Waals surface area contributed by atoms with Crippen LogP contribution in [0.1, 0.15) is 132 Å². The number of fused-ring (bicyclic) bond motifs is 7. The summed E-state index contributed by atoms with van der Waals surface area (Å²) in [6, 6.07) is 7.72. The molecule has 8 nitrogen and oxygen atoms in total. The number of carbonyl (C=O) groups excluding carboxylic acids is 2. The summed E-state index contributed by atoms with van der Waals surface area (Å²) in [6.45, 7) is 20.9. The van der Waals surface area contributed by atoms with E-state index in [1.54, 1.807) is 13.8 Å². The van der Waals surface area contributed by atoms with Crippen LogP contribution in [-0.2, 0) is 25.7 Å². The Hall–Kier alpha value is -2.26. The van der Waals surface area contributed by atoms with E-state index in [1.165, 1.54) is 5.57 Å². The molecule has 0 saturated heterocycles. The smallest absolute Gasteiger partial charge is 0.309 e. The molecular formula is C46H68ClNO7. The molecule has 5 aliphatic carbocycles. The molecule has 9 heteroatoms. The quantitative estimate of drug-likeness (QED) is 0.180. The highest BCUT2D eigenvalue weighted by Gasteiger charge is 2.71. The molecule has 4 saturated carbocycles. The van der Waals surface area contributed by atoms with E-state index in [4.69, 9.17) is 16.3 Å². The van der Waals surface area contributed by atoms with Crippen molar-refractivity contribution < 1.29 is 34.4 Å². The van der Waals surface area contributed by atoms with Gasteiger partial charge in [0.05, 0.1) is 24.5 Å². The number of Topliss-reactive ketones (excluding diaryl/α,β-unsaturated/α-hetero) is 1. The number of nitrogens with zero attached hydrogens (tertiary/aromatic N) is 1. The molecule has 0 spiro atoms. The van der Waals surface area contributed by atoms with Crippen molar-refractivity contribution in [1.29, 1.82) is 0 Å². The van der Waals surface area contributed by atoms with Gasteiger partial charge in [-0.15, -0.1) is 0 Å². The molecule has 1 aromatic rings. The monoisotopic (exact) mass is 781 g/mol. The molecule has 1 aromatic carbocycles. The molecular weight excluding hydrogens is 714 g/mol. The Balaban J connectivity index is 1.28. The zero-order valence-corrected chi connectivity index (χ0v) is 35.7. The van der Waals surface area contributed by atoms with Crippen molar-refractivity contribution in [1.82, 2.24) is 4.90 Å². The molecule has 0 bridgehead atoms. The molecule has 2 unspecified atom stereocenters. The maximum atomic E-state index is 14.2. The zero-order valence-electron chi connectivity index (χ0n) is 35.0. The number of hydrogen-bond donors (Lipinski definition) is 3. The Bertz CT molecular complexity index is 1680. The van der Waals surface area contributed by atoms with E-state index in [-0.39, 0.29) is 58.4 Å². The van der Waals surface area contributed by atoms with Crippen LogP contribution in [0.2, 0.25) is 5.02 Å². The lowest BCUT2D eigenvalue weighted by atomic mass is 9.33. The molecule has 0 aliphatic heterocycles. The third kappa shape index (κ3) is 6.95. The average molecular weight is 783 g/mol. The molecule has 5 aliphatic rings. The number of allylic oxidation sites excluding steroid dienone is 1. The van der Waals surface area contributed by atoms with E-state index >= 15 is 0 Å². The van der Waals surface area contributed by atoms with Crippen LogP contribution in [0, 0.1) is 56.2 Å². The van der Waals surface area contributed by atoms with E-state index in [9.17, 15) is 29.7 Å². The number of carbonyl (C=O) groups is 3. The highest BCUT2D eigenvalue weighted by molar-refractivity contribution is 6.30. The molecule has 6 rings (SSSR count). The predicted octanol–water partition coefficient (Wildman–Crippen LogP) is 8.89. The summed E-state index contributed by atoms with van der Waals surface area (Å²) in [4.78, 5) is 41.2. The Morgan fingerprint density at radius 1 is 0.945 bits per heavy atom. The number of benzene rings is 1. The van der Waals surface area contributed by atoms with Gasteiger partial charge in [-0.3, -0.25) is 19.3 Å². The van der Waals surface area contributed by atoms with Crippen LogP contribution in [-0.4, -0.2) is 69.8 Å². The summed E-state index contributed by atoms with van der Waals surface area (Å²) in [7, 11) is 0. The van der Waals surface area contributed by atoms with Gasteiger partial charge in [-0.25, -0.2) is 0 Å². The van der Waals surface area contributed by atoms with Crippen molar-refractivity contribution in [3.8, 4) is 0 Å². The molecule has 0 heterocycles. The summed E-state index contributed by atoms with van der Waals surface area (Å²) in [5.74, 6) is -0.158. The number of ether oxygens (including phenoxy) is 1. The van der Waals surface area contributed by atoms with Crippen LogP contribution < -0.4 is 0 Å². The van der Waals surface area contributed by atoms with Gasteiger partial charge in [-0.2, -0.15) is 0 Å². The number of aliphatic carboxylic acids is 1. The standard InChI is InChI=1S/C46H68ClNO7/c1-28(2)38-32(50)24-46(35(51)27-48(22-23-49)26-29-10-12-30(47)13-11-29)21-20-44(8)31(39(38)46)14-15-34-43(7)18-17-36(55-37(52)25-41(3,4)40(53)54)42(5,6)33(43)16-19-45(34,44)9/h10-13,28,31,33-36,49,51H,14-27H2,1-9H3,(H,53,54)/t31-,33+,34-,35?,36+,43+,44-,45?,46+/m1/s1. The topological polar surface area (TPSA) is 124 Å². The van der Waals surface area contributed by atoms with Crippen LogP contribution in [0.3, 0.4) is 0 Å². The summed E-state index contributed by atoms with van der Waals surface area (Å²) >= 11 is 6.17. The normalized spacial score (nSPS) is 36.2. The highest BCUT2D eigenvalue weighted by Crippen LogP contribution is 2.77. The van der Waals surface area contributed by atoms with Gasteiger partial charge in [-0.05, 0) is 128 Å². The fourth-order valence-electron chi connectivity index (χ4n) is 13.6. The molecule has 0 amide bonds. The highest BCUT2D eigenvalue weighted by atomic mass is 35.5. The molecule has 4 fully saturated rings. The number of hydrogen-bond acceptors (Lipinski definition) is 7. The summed E-state index contributed by atoms with van der Waals surface area (Å²) in [5.41, 5.74) is 1.20. The van der Waals surface area contributed by atoms with Crippen LogP contribution in [0.4, 0.5) is 0 Å². The first-order valence-corrected chi connectivity index (χ1v) is 21.4. The van der Waals surface area contributed by atoms with Gasteiger partial charge < -0.3 is 20.1 Å². The van der Waals surface area contributed by atoms with Gasteiger partial charge in [0.1, 0.15) is 6.10 Å². The number of halogens is 1. The lowest BCUT2D eigenvalue weighted by Crippen LogP contribution is -2.66. The van der Waals surface area contributed by atoms with Crippen molar-refractivity contribution in [2.75, 3.05) is 19.7 Å². The van der Waals surface area contributed by atoms with Crippen LogP contribution >= 0.6 is 11.6 Å². The lowest BCUT2D eigenvalue weighted by Gasteiger charge is -2.72. The van der Waals surface area contributed by atoms with Crippen LogP contribution in [0.15, 0.2) is 35.4 Å². The second kappa shape index (κ2) is 14.8. The summed E-state index contributed by atoms with van der Waals surface area (Å²) in [5, 5.41) is 32.8. The maximum Gasteiger partial charge on any atom is 0.309 e. The van der Waals surface area contributed by atoms with E-state index in [1.807, 2.05) is 24.3 Å². The van der Waals surface area contributed by atoms with Gasteiger partial charge in [0.15, 0.2) is 5.78 Å². The zero-order chi connectivity index (χ0) is 40.5. The Morgan fingerprint density at radius 3 is 2.24 bits per heavy atom. The number of aliphatic hydroxyl groups is 2. The first-order chi connectivity index (χ1) is 25.6. The van der Waals surface area contributed by atoms with Crippen molar-refractivity contribution >= 4 is 29.3 Å². The van der Waals surface area contributed by atoms with E-state index in [0.717, 1.165) is 62.5 Å². The number of carboxylic acids is 1. The minimum absolute atomic E-state index is 0.0155. The number of esters is 1. The molecule has 306 valence electrons. The van der Waals surface area contributed by atoms with Crippen LogP contribution in [0.25, 0.3) is 0 Å². The largest absolute Gasteiger partial charge is 0.481 e. The minimum Gasteiger partial charge on any atom is -0.481 e. The van der Waals surface area contributed by atoms with Gasteiger partial charge >= 0.3 is 11.9 Å². The fraction of sp³-hybridized carbons (Fsp3) is 0.761. The average Bonchev–Trinajstić information content (AvgIpc) is 3.40. The molecule has 0 aromatic heterocycles. The van der Waals surface area contributed by atoms with Crippen molar-refractivity contribution in [2.24, 2.45) is 56.2 Å². The number of rotatable bonds is 12. The fourth-order valence-corrected chi connectivity index (χ4v) is 13.7. The van der Waals surface area contributed by atoms with E-state index < -0.39 is 28.9 Å². The third-order valence-electron chi connectivity index (χ3n) is 16.7. The molecule has 0 radical (unpaired) electrons. The Labute approximate surface area is 334 Å². The van der Waals surface area contributed by atoms with Gasteiger partial charge in [0, 0.05) is 41.9 Å². The SMILES string of the molecule is CC(C)C1=C2[C@H]3CC[C@H]4C(C)(CC[C@H]5C(C)(C)[C@@H](OC(=O)CC(C)(C)C(=O)O)CC[C@@]54C)[C@]3(C)CC[C@@]2(C(O)CN(CCO)Cc2ccc(Cl)cc2)CC1=O. The van der Waals surface area contributed by atoms with Crippen LogP contribution in [0.5, 0.6) is 0 Å². The lowest BCUT2D eigenvalue weighted by molar-refractivity contribution is -0.235. The second-order valence-corrected chi connectivity index (χ2v) is 21.1.